The van der Waals surface area contributed by atoms with Gasteiger partial charge in [0.1, 0.15) is 23.5 Å². The van der Waals surface area contributed by atoms with Crippen molar-refractivity contribution in [1.29, 1.82) is 0 Å². The smallest absolute Gasteiger partial charge is 0.259 e. The standard InChI is InChI=1S/C22H34N6O2/c1-6-9-27-14-23-24-20(27)18-12-28(21(29)19-16(4)25-30-17(19)5)13-22(18)7-10-26(11-8-22)15(2)3/h14-15,18H,6-13H2,1-5H3. The fourth-order valence-electron chi connectivity index (χ4n) is 5.36. The van der Waals surface area contributed by atoms with E-state index in [0.717, 1.165) is 51.3 Å². The lowest BCUT2D eigenvalue weighted by Gasteiger charge is -2.43. The van der Waals surface area contributed by atoms with Crippen molar-refractivity contribution < 1.29 is 9.32 Å². The molecule has 0 aliphatic carbocycles. The molecule has 2 aliphatic rings. The molecule has 1 spiro atoms. The topological polar surface area (TPSA) is 80.3 Å². The summed E-state index contributed by atoms with van der Waals surface area (Å²) in [7, 11) is 0. The maximum absolute atomic E-state index is 13.4. The molecule has 2 saturated heterocycles. The minimum Gasteiger partial charge on any atom is -0.361 e. The minimum atomic E-state index is 0.0287. The third-order valence-electron chi connectivity index (χ3n) is 7.13. The lowest BCUT2D eigenvalue weighted by atomic mass is 9.70. The number of rotatable bonds is 5. The highest BCUT2D eigenvalue weighted by atomic mass is 16.5. The lowest BCUT2D eigenvalue weighted by molar-refractivity contribution is 0.0644. The van der Waals surface area contributed by atoms with Crippen LogP contribution in [0.4, 0.5) is 0 Å². The Balaban J connectivity index is 1.66. The van der Waals surface area contributed by atoms with Crippen LogP contribution in [0.15, 0.2) is 10.9 Å². The molecule has 1 atom stereocenters. The van der Waals surface area contributed by atoms with E-state index >= 15 is 0 Å². The van der Waals surface area contributed by atoms with Gasteiger partial charge < -0.3 is 18.9 Å². The van der Waals surface area contributed by atoms with Crippen LogP contribution in [0.5, 0.6) is 0 Å². The van der Waals surface area contributed by atoms with E-state index < -0.39 is 0 Å². The van der Waals surface area contributed by atoms with Crippen LogP contribution in [-0.2, 0) is 6.54 Å². The predicted octanol–water partition coefficient (Wildman–Crippen LogP) is 3.02. The number of carbonyl (C=O) groups excluding carboxylic acids is 1. The van der Waals surface area contributed by atoms with Crippen LogP contribution in [0.25, 0.3) is 0 Å². The number of piperidine rings is 1. The number of aromatic nitrogens is 4. The van der Waals surface area contributed by atoms with Gasteiger partial charge in [0.25, 0.3) is 5.91 Å². The fraction of sp³-hybridized carbons (Fsp3) is 0.727. The van der Waals surface area contributed by atoms with Gasteiger partial charge in [-0.1, -0.05) is 12.1 Å². The summed E-state index contributed by atoms with van der Waals surface area (Å²) in [4.78, 5) is 18.0. The van der Waals surface area contributed by atoms with Crippen molar-refractivity contribution >= 4 is 5.91 Å². The van der Waals surface area contributed by atoms with Gasteiger partial charge in [-0.15, -0.1) is 10.2 Å². The zero-order valence-electron chi connectivity index (χ0n) is 18.9. The van der Waals surface area contributed by atoms with Crippen LogP contribution in [-0.4, -0.2) is 67.8 Å². The molecule has 4 rings (SSSR count). The third kappa shape index (κ3) is 3.55. The van der Waals surface area contributed by atoms with E-state index in [-0.39, 0.29) is 17.2 Å². The molecule has 4 heterocycles. The Morgan fingerprint density at radius 1 is 1.30 bits per heavy atom. The molecule has 0 radical (unpaired) electrons. The maximum atomic E-state index is 13.4. The number of hydrogen-bond donors (Lipinski definition) is 0. The summed E-state index contributed by atoms with van der Waals surface area (Å²) in [5, 5.41) is 12.8. The Hall–Kier alpha value is -2.22. The van der Waals surface area contributed by atoms with Gasteiger partial charge >= 0.3 is 0 Å². The Morgan fingerprint density at radius 2 is 2.03 bits per heavy atom. The number of hydrogen-bond acceptors (Lipinski definition) is 6. The van der Waals surface area contributed by atoms with E-state index in [9.17, 15) is 4.79 Å². The highest BCUT2D eigenvalue weighted by Crippen LogP contribution is 2.50. The molecule has 8 nitrogen and oxygen atoms in total. The van der Waals surface area contributed by atoms with Crippen molar-refractivity contribution in [3.63, 3.8) is 0 Å². The van der Waals surface area contributed by atoms with Crippen molar-refractivity contribution in [2.75, 3.05) is 26.2 Å². The van der Waals surface area contributed by atoms with Crippen LogP contribution in [0, 0.1) is 19.3 Å². The Morgan fingerprint density at radius 3 is 2.63 bits per heavy atom. The molecule has 0 aromatic carbocycles. The summed E-state index contributed by atoms with van der Waals surface area (Å²) in [5.41, 5.74) is 1.32. The molecule has 2 aliphatic heterocycles. The third-order valence-corrected chi connectivity index (χ3v) is 7.13. The van der Waals surface area contributed by atoms with Crippen molar-refractivity contribution in [2.24, 2.45) is 5.41 Å². The summed E-state index contributed by atoms with van der Waals surface area (Å²) in [6.07, 6.45) is 5.02. The Labute approximate surface area is 178 Å². The number of carbonyl (C=O) groups is 1. The van der Waals surface area contributed by atoms with Crippen molar-refractivity contribution in [2.45, 2.75) is 72.4 Å². The van der Waals surface area contributed by atoms with E-state index in [4.69, 9.17) is 4.52 Å². The second-order valence-electron chi connectivity index (χ2n) is 9.31. The SMILES string of the molecule is CCCn1cnnc1C1CN(C(=O)c2c(C)noc2C)CC12CCN(C(C)C)CC2. The maximum Gasteiger partial charge on any atom is 0.259 e. The zero-order chi connectivity index (χ0) is 21.5. The lowest BCUT2D eigenvalue weighted by Crippen LogP contribution is -2.46. The van der Waals surface area contributed by atoms with Crippen LogP contribution < -0.4 is 0 Å². The summed E-state index contributed by atoms with van der Waals surface area (Å²) < 4.78 is 7.46. The predicted molar refractivity (Wildman–Crippen MR) is 113 cm³/mol. The first-order valence-electron chi connectivity index (χ1n) is 11.2. The Bertz CT molecular complexity index is 874. The highest BCUT2D eigenvalue weighted by Gasteiger charge is 2.52. The molecule has 0 saturated carbocycles. The highest BCUT2D eigenvalue weighted by molar-refractivity contribution is 5.96. The van der Waals surface area contributed by atoms with Gasteiger partial charge in [-0.05, 0) is 60.0 Å². The second-order valence-corrected chi connectivity index (χ2v) is 9.31. The molecule has 30 heavy (non-hydrogen) atoms. The summed E-state index contributed by atoms with van der Waals surface area (Å²) in [6, 6.07) is 0.547. The number of nitrogens with zero attached hydrogens (tertiary/aromatic N) is 6. The fourth-order valence-corrected chi connectivity index (χ4v) is 5.36. The first kappa shape index (κ1) is 21.0. The summed E-state index contributed by atoms with van der Waals surface area (Å²) in [5.74, 6) is 1.86. The quantitative estimate of drug-likeness (QED) is 0.748. The van der Waals surface area contributed by atoms with Gasteiger partial charge in [-0.2, -0.15) is 0 Å². The van der Waals surface area contributed by atoms with Crippen molar-refractivity contribution in [1.82, 2.24) is 29.7 Å². The van der Waals surface area contributed by atoms with Gasteiger partial charge in [0.2, 0.25) is 0 Å². The zero-order valence-corrected chi connectivity index (χ0v) is 18.9. The van der Waals surface area contributed by atoms with Gasteiger partial charge in [-0.25, -0.2) is 0 Å². The largest absolute Gasteiger partial charge is 0.361 e. The van der Waals surface area contributed by atoms with Crippen LogP contribution in [0.2, 0.25) is 0 Å². The molecule has 2 fully saturated rings. The number of amides is 1. The molecule has 1 unspecified atom stereocenters. The minimum absolute atomic E-state index is 0.0287. The van der Waals surface area contributed by atoms with Crippen LogP contribution >= 0.6 is 0 Å². The van der Waals surface area contributed by atoms with Crippen LogP contribution in [0.1, 0.15) is 73.6 Å². The molecular weight excluding hydrogens is 380 g/mol. The number of likely N-dealkylation sites (tertiary alicyclic amines) is 2. The molecule has 1 amide bonds. The monoisotopic (exact) mass is 414 g/mol. The average molecular weight is 415 g/mol. The van der Waals surface area contributed by atoms with Gasteiger partial charge in [-0.3, -0.25) is 4.79 Å². The van der Waals surface area contributed by atoms with E-state index in [0.29, 0.717) is 29.6 Å². The van der Waals surface area contributed by atoms with Crippen molar-refractivity contribution in [3.8, 4) is 0 Å². The molecule has 164 valence electrons. The molecule has 0 bridgehead atoms. The second kappa shape index (κ2) is 8.13. The van der Waals surface area contributed by atoms with Crippen LogP contribution in [0.3, 0.4) is 0 Å². The van der Waals surface area contributed by atoms with Gasteiger partial charge in [0.05, 0.1) is 5.69 Å². The van der Waals surface area contributed by atoms with Crippen molar-refractivity contribution in [3.05, 3.63) is 29.2 Å². The summed E-state index contributed by atoms with van der Waals surface area (Å²) >= 11 is 0. The van der Waals surface area contributed by atoms with E-state index in [1.807, 2.05) is 25.1 Å². The van der Waals surface area contributed by atoms with E-state index in [1.165, 1.54) is 0 Å². The molecule has 8 heteroatoms. The van der Waals surface area contributed by atoms with Gasteiger partial charge in [0.15, 0.2) is 0 Å². The average Bonchev–Trinajstić information content (AvgIpc) is 3.40. The molecule has 0 N–H and O–H groups in total. The van der Waals surface area contributed by atoms with E-state index in [2.05, 4.69) is 45.6 Å². The Kier molecular flexibility index (Phi) is 5.70. The summed E-state index contributed by atoms with van der Waals surface area (Å²) in [6.45, 7) is 14.8. The number of aryl methyl sites for hydroxylation is 3. The first-order valence-corrected chi connectivity index (χ1v) is 11.2. The molecule has 2 aromatic rings. The molecular formula is C22H34N6O2. The normalized spacial score (nSPS) is 21.8. The molecule has 2 aromatic heterocycles. The van der Waals surface area contributed by atoms with E-state index in [1.54, 1.807) is 0 Å². The van der Waals surface area contributed by atoms with Gasteiger partial charge in [0, 0.05) is 37.0 Å². The first-order chi connectivity index (χ1) is 14.4.